The van der Waals surface area contributed by atoms with Gasteiger partial charge in [-0.25, -0.2) is 4.98 Å². The molecule has 0 fully saturated rings. The van der Waals surface area contributed by atoms with Gasteiger partial charge in [-0.15, -0.1) is 0 Å². The SMILES string of the molecule is CNCc1c(N(C)CCSC)nc2ccccn12. The third-order valence-corrected chi connectivity index (χ3v) is 3.54. The number of anilines is 1. The third kappa shape index (κ3) is 2.62. The van der Waals surface area contributed by atoms with E-state index in [-0.39, 0.29) is 0 Å². The maximum absolute atomic E-state index is 4.72. The summed E-state index contributed by atoms with van der Waals surface area (Å²) in [4.78, 5) is 6.96. The molecule has 2 aromatic rings. The molecule has 2 rings (SSSR count). The number of pyridine rings is 1. The van der Waals surface area contributed by atoms with Crippen LogP contribution >= 0.6 is 11.8 Å². The van der Waals surface area contributed by atoms with Crippen LogP contribution in [0.4, 0.5) is 5.82 Å². The van der Waals surface area contributed by atoms with Gasteiger partial charge in [-0.05, 0) is 25.4 Å². The van der Waals surface area contributed by atoms with Crippen molar-refractivity contribution < 1.29 is 0 Å². The molecule has 2 heterocycles. The molecule has 0 bridgehead atoms. The molecule has 0 radical (unpaired) electrons. The zero-order valence-electron chi connectivity index (χ0n) is 11.2. The van der Waals surface area contributed by atoms with Gasteiger partial charge >= 0.3 is 0 Å². The van der Waals surface area contributed by atoms with Crippen LogP contribution in [0.1, 0.15) is 5.69 Å². The van der Waals surface area contributed by atoms with Crippen LogP contribution in [-0.2, 0) is 6.54 Å². The van der Waals surface area contributed by atoms with Gasteiger partial charge in [-0.3, -0.25) is 0 Å². The molecule has 2 aromatic heterocycles. The van der Waals surface area contributed by atoms with Crippen molar-refractivity contribution in [3.8, 4) is 0 Å². The van der Waals surface area contributed by atoms with Crippen molar-refractivity contribution in [2.24, 2.45) is 0 Å². The number of imidazole rings is 1. The van der Waals surface area contributed by atoms with Gasteiger partial charge in [0.05, 0.1) is 5.69 Å². The largest absolute Gasteiger partial charge is 0.357 e. The topological polar surface area (TPSA) is 32.6 Å². The highest BCUT2D eigenvalue weighted by molar-refractivity contribution is 7.98. The Hall–Kier alpha value is -1.20. The zero-order valence-corrected chi connectivity index (χ0v) is 12.0. The number of fused-ring (bicyclic) bond motifs is 1. The van der Waals surface area contributed by atoms with Crippen LogP contribution in [0.2, 0.25) is 0 Å². The summed E-state index contributed by atoms with van der Waals surface area (Å²) >= 11 is 1.86. The Morgan fingerprint density at radius 3 is 3.00 bits per heavy atom. The summed E-state index contributed by atoms with van der Waals surface area (Å²) in [5.41, 5.74) is 2.23. The molecule has 0 atom stereocenters. The van der Waals surface area contributed by atoms with E-state index in [9.17, 15) is 0 Å². The third-order valence-electron chi connectivity index (χ3n) is 2.94. The lowest BCUT2D eigenvalue weighted by Crippen LogP contribution is -2.23. The van der Waals surface area contributed by atoms with E-state index >= 15 is 0 Å². The van der Waals surface area contributed by atoms with Crippen molar-refractivity contribution in [1.82, 2.24) is 14.7 Å². The fourth-order valence-electron chi connectivity index (χ4n) is 2.01. The molecule has 0 amide bonds. The molecule has 1 N–H and O–H groups in total. The Morgan fingerprint density at radius 1 is 1.44 bits per heavy atom. The van der Waals surface area contributed by atoms with Gasteiger partial charge < -0.3 is 14.6 Å². The minimum atomic E-state index is 0.824. The molecule has 0 spiro atoms. The summed E-state index contributed by atoms with van der Waals surface area (Å²) in [5, 5.41) is 3.22. The lowest BCUT2D eigenvalue weighted by Gasteiger charge is -2.17. The molecule has 98 valence electrons. The summed E-state index contributed by atoms with van der Waals surface area (Å²) in [6.07, 6.45) is 4.20. The molecule has 0 saturated heterocycles. The first-order valence-corrected chi connectivity index (χ1v) is 7.48. The van der Waals surface area contributed by atoms with Crippen LogP contribution in [0, 0.1) is 0 Å². The van der Waals surface area contributed by atoms with Crippen molar-refractivity contribution in [3.63, 3.8) is 0 Å². The van der Waals surface area contributed by atoms with Crippen molar-refractivity contribution in [2.75, 3.05) is 37.5 Å². The summed E-state index contributed by atoms with van der Waals surface area (Å²) in [6, 6.07) is 6.11. The van der Waals surface area contributed by atoms with Crippen molar-refractivity contribution in [1.29, 1.82) is 0 Å². The fourth-order valence-corrected chi connectivity index (χ4v) is 2.46. The van der Waals surface area contributed by atoms with Gasteiger partial charge in [0.1, 0.15) is 5.65 Å². The highest BCUT2D eigenvalue weighted by atomic mass is 32.2. The zero-order chi connectivity index (χ0) is 13.0. The summed E-state index contributed by atoms with van der Waals surface area (Å²) in [5.74, 6) is 2.19. The maximum atomic E-state index is 4.72. The first-order chi connectivity index (χ1) is 8.77. The van der Waals surface area contributed by atoms with E-state index in [1.807, 2.05) is 37.0 Å². The number of thioether (sulfide) groups is 1. The predicted octanol–water partition coefficient (Wildman–Crippen LogP) is 1.85. The van der Waals surface area contributed by atoms with Crippen molar-refractivity contribution in [3.05, 3.63) is 30.1 Å². The van der Waals surface area contributed by atoms with Crippen molar-refractivity contribution in [2.45, 2.75) is 6.54 Å². The quantitative estimate of drug-likeness (QED) is 0.863. The maximum Gasteiger partial charge on any atom is 0.152 e. The molecule has 18 heavy (non-hydrogen) atoms. The molecule has 0 unspecified atom stereocenters. The second kappa shape index (κ2) is 6.11. The number of aromatic nitrogens is 2. The molecule has 4 nitrogen and oxygen atoms in total. The van der Waals surface area contributed by atoms with E-state index in [0.717, 1.165) is 30.3 Å². The van der Waals surface area contributed by atoms with Gasteiger partial charge in [-0.1, -0.05) is 6.07 Å². The summed E-state index contributed by atoms with van der Waals surface area (Å²) in [7, 11) is 4.07. The minimum Gasteiger partial charge on any atom is -0.357 e. The number of nitrogens with zero attached hydrogens (tertiary/aromatic N) is 3. The lowest BCUT2D eigenvalue weighted by atomic mass is 10.4. The van der Waals surface area contributed by atoms with Crippen LogP contribution in [0.25, 0.3) is 5.65 Å². The van der Waals surface area contributed by atoms with Crippen LogP contribution in [0.5, 0.6) is 0 Å². The van der Waals surface area contributed by atoms with Crippen LogP contribution < -0.4 is 10.2 Å². The standard InChI is InChI=1S/C13H20N4S/c1-14-10-11-13(16(2)8-9-18-3)15-12-6-4-5-7-17(11)12/h4-7,14H,8-10H2,1-3H3. The van der Waals surface area contributed by atoms with E-state index in [2.05, 4.69) is 34.1 Å². The Bertz CT molecular complexity index is 509. The Labute approximate surface area is 112 Å². The first-order valence-electron chi connectivity index (χ1n) is 6.08. The lowest BCUT2D eigenvalue weighted by molar-refractivity contribution is 0.775. The normalized spacial score (nSPS) is 11.1. The molecule has 0 aliphatic carbocycles. The van der Waals surface area contributed by atoms with Crippen LogP contribution in [0.3, 0.4) is 0 Å². The molecule has 5 heteroatoms. The van der Waals surface area contributed by atoms with E-state index in [1.54, 1.807) is 0 Å². The van der Waals surface area contributed by atoms with E-state index in [4.69, 9.17) is 4.98 Å². The average Bonchev–Trinajstić information content (AvgIpc) is 2.76. The number of rotatable bonds is 6. The first kappa shape index (κ1) is 13.2. The van der Waals surface area contributed by atoms with E-state index in [1.165, 1.54) is 5.69 Å². The average molecular weight is 264 g/mol. The van der Waals surface area contributed by atoms with E-state index in [0.29, 0.717) is 0 Å². The van der Waals surface area contributed by atoms with Gasteiger partial charge in [0.15, 0.2) is 5.82 Å². The minimum absolute atomic E-state index is 0.824. The van der Waals surface area contributed by atoms with Gasteiger partial charge in [0, 0.05) is 32.1 Å². The molecule has 0 saturated carbocycles. The summed E-state index contributed by atoms with van der Waals surface area (Å²) in [6.45, 7) is 1.84. The summed E-state index contributed by atoms with van der Waals surface area (Å²) < 4.78 is 2.15. The number of nitrogens with one attached hydrogen (secondary N) is 1. The Balaban J connectivity index is 2.38. The smallest absolute Gasteiger partial charge is 0.152 e. The molecular weight excluding hydrogens is 244 g/mol. The van der Waals surface area contributed by atoms with Gasteiger partial charge in [-0.2, -0.15) is 11.8 Å². The molecule has 0 aromatic carbocycles. The second-order valence-electron chi connectivity index (χ2n) is 4.26. The number of hydrogen-bond donors (Lipinski definition) is 1. The van der Waals surface area contributed by atoms with Crippen LogP contribution in [0.15, 0.2) is 24.4 Å². The van der Waals surface area contributed by atoms with Gasteiger partial charge in [0.25, 0.3) is 0 Å². The molecular formula is C13H20N4S. The van der Waals surface area contributed by atoms with Crippen LogP contribution in [-0.4, -0.2) is 42.0 Å². The predicted molar refractivity (Wildman–Crippen MR) is 79.6 cm³/mol. The Morgan fingerprint density at radius 2 is 2.28 bits per heavy atom. The Kier molecular flexibility index (Phi) is 4.49. The highest BCUT2D eigenvalue weighted by Gasteiger charge is 2.14. The molecule has 0 aliphatic heterocycles. The van der Waals surface area contributed by atoms with Crippen molar-refractivity contribution >= 4 is 23.2 Å². The highest BCUT2D eigenvalue weighted by Crippen LogP contribution is 2.20. The monoisotopic (exact) mass is 264 g/mol. The van der Waals surface area contributed by atoms with E-state index < -0.39 is 0 Å². The fraction of sp³-hybridized carbons (Fsp3) is 0.462. The molecule has 0 aliphatic rings. The number of hydrogen-bond acceptors (Lipinski definition) is 4. The second-order valence-corrected chi connectivity index (χ2v) is 5.24. The van der Waals surface area contributed by atoms with Gasteiger partial charge in [0.2, 0.25) is 0 Å².